The van der Waals surface area contributed by atoms with Gasteiger partial charge in [0.05, 0.1) is 17.6 Å². The number of nitrogens with one attached hydrogen (secondary N) is 1. The summed E-state index contributed by atoms with van der Waals surface area (Å²) in [5, 5.41) is 10.5. The highest BCUT2D eigenvalue weighted by molar-refractivity contribution is 7.90. The molecule has 142 valence electrons. The molecule has 26 heavy (non-hydrogen) atoms. The minimum Gasteiger partial charge on any atom is -0.435 e. The average Bonchev–Trinajstić information content (AvgIpc) is 2.52. The second-order valence-corrected chi connectivity index (χ2v) is 6.95. The summed E-state index contributed by atoms with van der Waals surface area (Å²) < 4.78 is 58.1. The summed E-state index contributed by atoms with van der Waals surface area (Å²) in [7, 11) is -4.11. The zero-order chi connectivity index (χ0) is 19.7. The van der Waals surface area contributed by atoms with Crippen molar-refractivity contribution in [3.63, 3.8) is 0 Å². The summed E-state index contributed by atoms with van der Waals surface area (Å²) in [6, 6.07) is 6.81. The number of rotatable bonds is 9. The van der Waals surface area contributed by atoms with E-state index < -0.39 is 52.6 Å². The van der Waals surface area contributed by atoms with Crippen molar-refractivity contribution in [3.8, 4) is 11.8 Å². The van der Waals surface area contributed by atoms with Gasteiger partial charge in [-0.05, 0) is 6.07 Å². The maximum atomic E-state index is 12.4. The van der Waals surface area contributed by atoms with Gasteiger partial charge in [0.15, 0.2) is 15.9 Å². The van der Waals surface area contributed by atoms with Gasteiger partial charge in [-0.1, -0.05) is 18.2 Å². The molecule has 9 nitrogen and oxygen atoms in total. The SMILES string of the molecule is N#CCNC(=O)[C@H](CS(=O)(=O)Cc1ccccc1OC(F)F)OC(N)=O. The van der Waals surface area contributed by atoms with Gasteiger partial charge in [0, 0.05) is 5.56 Å². The Labute approximate surface area is 147 Å². The monoisotopic (exact) mass is 391 g/mol. The summed E-state index contributed by atoms with van der Waals surface area (Å²) in [6.45, 7) is -3.59. The predicted octanol–water partition coefficient (Wildman–Crippen LogP) is 0.306. The van der Waals surface area contributed by atoms with Crippen LogP contribution < -0.4 is 15.8 Å². The molecule has 12 heteroatoms. The van der Waals surface area contributed by atoms with Gasteiger partial charge in [0.2, 0.25) is 0 Å². The highest BCUT2D eigenvalue weighted by Gasteiger charge is 2.29. The van der Waals surface area contributed by atoms with Gasteiger partial charge in [-0.25, -0.2) is 13.2 Å². The van der Waals surface area contributed by atoms with Gasteiger partial charge < -0.3 is 20.5 Å². The van der Waals surface area contributed by atoms with Crippen LogP contribution in [-0.4, -0.2) is 45.4 Å². The largest absolute Gasteiger partial charge is 0.435 e. The van der Waals surface area contributed by atoms with E-state index in [0.717, 1.165) is 6.07 Å². The number of sulfone groups is 1. The van der Waals surface area contributed by atoms with Gasteiger partial charge in [0.1, 0.15) is 12.3 Å². The van der Waals surface area contributed by atoms with Crippen LogP contribution in [0.25, 0.3) is 0 Å². The number of nitrogens with zero attached hydrogens (tertiary/aromatic N) is 1. The lowest BCUT2D eigenvalue weighted by atomic mass is 10.2. The summed E-state index contributed by atoms with van der Waals surface area (Å²) in [5.41, 5.74) is 4.74. The first kappa shape index (κ1) is 21.1. The number of hydrogen-bond acceptors (Lipinski definition) is 7. The van der Waals surface area contributed by atoms with Crippen molar-refractivity contribution in [1.82, 2.24) is 5.32 Å². The molecule has 1 rings (SSSR count). The highest BCUT2D eigenvalue weighted by Crippen LogP contribution is 2.23. The van der Waals surface area contributed by atoms with Crippen LogP contribution in [0, 0.1) is 11.3 Å². The molecule has 2 amide bonds. The van der Waals surface area contributed by atoms with Crippen LogP contribution in [0.5, 0.6) is 5.75 Å². The molecule has 1 atom stereocenters. The number of para-hydroxylation sites is 1. The Kier molecular flexibility index (Phi) is 7.73. The molecule has 0 radical (unpaired) electrons. The number of ether oxygens (including phenoxy) is 2. The normalized spacial score (nSPS) is 12.1. The zero-order valence-corrected chi connectivity index (χ0v) is 14.0. The van der Waals surface area contributed by atoms with E-state index in [9.17, 15) is 26.8 Å². The van der Waals surface area contributed by atoms with Crippen molar-refractivity contribution in [3.05, 3.63) is 29.8 Å². The number of carbonyl (C=O) groups is 2. The molecule has 1 aromatic carbocycles. The third kappa shape index (κ3) is 7.31. The number of carbonyl (C=O) groups excluding carboxylic acids is 2. The molecule has 1 aromatic rings. The van der Waals surface area contributed by atoms with E-state index in [2.05, 4.69) is 9.47 Å². The maximum Gasteiger partial charge on any atom is 0.405 e. The standard InChI is InChI=1S/C14H15F2N3O6S/c15-13(16)24-10-4-2-1-3-9(10)7-26(22,23)8-11(25-14(18)21)12(20)19-6-5-17/h1-4,11,13H,6-8H2,(H2,18,21)(H,19,20)/t11-/m0/s1. The minimum atomic E-state index is -4.11. The third-order valence-electron chi connectivity index (χ3n) is 2.86. The third-order valence-corrected chi connectivity index (χ3v) is 4.42. The molecule has 0 saturated carbocycles. The summed E-state index contributed by atoms with van der Waals surface area (Å²) in [6.07, 6.45) is -3.19. The van der Waals surface area contributed by atoms with Crippen LogP contribution in [0.4, 0.5) is 13.6 Å². The smallest absolute Gasteiger partial charge is 0.405 e. The van der Waals surface area contributed by atoms with E-state index >= 15 is 0 Å². The van der Waals surface area contributed by atoms with Gasteiger partial charge >= 0.3 is 12.7 Å². The average molecular weight is 391 g/mol. The van der Waals surface area contributed by atoms with Crippen LogP contribution >= 0.6 is 0 Å². The fraction of sp³-hybridized carbons (Fsp3) is 0.357. The lowest BCUT2D eigenvalue weighted by molar-refractivity contribution is -0.128. The Hall–Kier alpha value is -2.94. The van der Waals surface area contributed by atoms with E-state index in [1.165, 1.54) is 18.2 Å². The number of amides is 2. The fourth-order valence-corrected chi connectivity index (χ4v) is 3.42. The molecule has 0 aliphatic rings. The quantitative estimate of drug-likeness (QED) is 0.575. The molecule has 0 unspecified atom stereocenters. The molecule has 0 fully saturated rings. The van der Waals surface area contributed by atoms with Crippen LogP contribution in [-0.2, 0) is 25.1 Å². The molecular weight excluding hydrogens is 376 g/mol. The van der Waals surface area contributed by atoms with Crippen molar-refractivity contribution in [2.45, 2.75) is 18.5 Å². The lowest BCUT2D eigenvalue weighted by Gasteiger charge is -2.16. The number of hydrogen-bond donors (Lipinski definition) is 2. The summed E-state index contributed by atoms with van der Waals surface area (Å²) in [5.74, 6) is -3.09. The number of alkyl halides is 2. The molecule has 0 saturated heterocycles. The van der Waals surface area contributed by atoms with E-state index in [1.807, 2.05) is 5.32 Å². The van der Waals surface area contributed by atoms with Gasteiger partial charge in [0.25, 0.3) is 5.91 Å². The minimum absolute atomic E-state index is 0.0666. The Morgan fingerprint density at radius 2 is 1.96 bits per heavy atom. The molecule has 0 bridgehead atoms. The topological polar surface area (TPSA) is 149 Å². The fourth-order valence-electron chi connectivity index (χ4n) is 1.90. The molecule has 0 aliphatic carbocycles. The first-order valence-electron chi connectivity index (χ1n) is 6.98. The number of halogens is 2. The van der Waals surface area contributed by atoms with Gasteiger partial charge in [-0.3, -0.25) is 4.79 Å². The number of nitriles is 1. The van der Waals surface area contributed by atoms with E-state index in [1.54, 1.807) is 6.07 Å². The van der Waals surface area contributed by atoms with E-state index in [0.29, 0.717) is 0 Å². The Bertz CT molecular complexity index is 794. The van der Waals surface area contributed by atoms with Crippen LogP contribution in [0.3, 0.4) is 0 Å². The highest BCUT2D eigenvalue weighted by atomic mass is 32.2. The maximum absolute atomic E-state index is 12.4. The van der Waals surface area contributed by atoms with Gasteiger partial charge in [-0.2, -0.15) is 14.0 Å². The van der Waals surface area contributed by atoms with E-state index in [-0.39, 0.29) is 11.3 Å². The summed E-state index contributed by atoms with van der Waals surface area (Å²) in [4.78, 5) is 22.7. The van der Waals surface area contributed by atoms with Crippen molar-refractivity contribution >= 4 is 21.8 Å². The lowest BCUT2D eigenvalue weighted by Crippen LogP contribution is -2.43. The number of nitrogens with two attached hydrogens (primary N) is 1. The summed E-state index contributed by atoms with van der Waals surface area (Å²) >= 11 is 0. The first-order valence-corrected chi connectivity index (χ1v) is 8.80. The molecule has 0 heterocycles. The number of primary amides is 1. The van der Waals surface area contributed by atoms with Crippen molar-refractivity contribution in [1.29, 1.82) is 5.26 Å². The van der Waals surface area contributed by atoms with Gasteiger partial charge in [-0.15, -0.1) is 0 Å². The Morgan fingerprint density at radius 3 is 2.54 bits per heavy atom. The van der Waals surface area contributed by atoms with Crippen molar-refractivity contribution in [2.75, 3.05) is 12.3 Å². The molecule has 3 N–H and O–H groups in total. The van der Waals surface area contributed by atoms with Crippen LogP contribution in [0.1, 0.15) is 5.56 Å². The van der Waals surface area contributed by atoms with Crippen LogP contribution in [0.15, 0.2) is 24.3 Å². The number of benzene rings is 1. The predicted molar refractivity (Wildman–Crippen MR) is 83.6 cm³/mol. The zero-order valence-electron chi connectivity index (χ0n) is 13.2. The molecular formula is C14H15F2N3O6S. The Morgan fingerprint density at radius 1 is 1.31 bits per heavy atom. The first-order chi connectivity index (χ1) is 12.1. The van der Waals surface area contributed by atoms with Crippen molar-refractivity contribution in [2.24, 2.45) is 5.73 Å². The second-order valence-electron chi connectivity index (χ2n) is 4.84. The second kappa shape index (κ2) is 9.52. The molecule has 0 aliphatic heterocycles. The van der Waals surface area contributed by atoms with E-state index in [4.69, 9.17) is 11.0 Å². The molecule has 0 spiro atoms. The van der Waals surface area contributed by atoms with Crippen molar-refractivity contribution < 1.29 is 36.3 Å². The Balaban J connectivity index is 2.96. The molecule has 0 aromatic heterocycles. The van der Waals surface area contributed by atoms with Crippen LogP contribution in [0.2, 0.25) is 0 Å².